The second-order valence-electron chi connectivity index (χ2n) is 4.69. The Morgan fingerprint density at radius 2 is 1.93 bits per heavy atom. The van der Waals surface area contributed by atoms with E-state index in [1.807, 2.05) is 13.8 Å². The number of nitrogens with zero attached hydrogens (tertiary/aromatic N) is 2. The van der Waals surface area contributed by atoms with E-state index >= 15 is 0 Å². The van der Waals surface area contributed by atoms with E-state index in [-0.39, 0.29) is 5.60 Å². The monoisotopic (exact) mass is 213 g/mol. The van der Waals surface area contributed by atoms with Crippen molar-refractivity contribution in [2.75, 3.05) is 26.7 Å². The molecule has 0 atom stereocenters. The Morgan fingerprint density at radius 3 is 2.47 bits per heavy atom. The van der Waals surface area contributed by atoms with Crippen LogP contribution in [0.5, 0.6) is 0 Å². The van der Waals surface area contributed by atoms with Crippen molar-refractivity contribution >= 4 is 5.96 Å². The van der Waals surface area contributed by atoms with Crippen molar-refractivity contribution in [2.45, 2.75) is 38.7 Å². The van der Waals surface area contributed by atoms with E-state index < -0.39 is 0 Å². The fraction of sp³-hybridized carbons (Fsp3) is 0.909. The standard InChI is InChI=1S/C11H23N3O/c1-11(2,15-3)9-13-10(12)14-7-5-4-6-8-14/h4-9H2,1-3H3,(H2,12,13). The van der Waals surface area contributed by atoms with Gasteiger partial charge in [0.25, 0.3) is 0 Å². The molecule has 0 aliphatic carbocycles. The van der Waals surface area contributed by atoms with Gasteiger partial charge in [0, 0.05) is 20.2 Å². The summed E-state index contributed by atoms with van der Waals surface area (Å²) in [5.74, 6) is 0.667. The molecule has 1 rings (SSSR count). The van der Waals surface area contributed by atoms with Crippen LogP contribution in [-0.2, 0) is 4.74 Å². The topological polar surface area (TPSA) is 50.9 Å². The third-order valence-electron chi connectivity index (χ3n) is 2.85. The zero-order chi connectivity index (χ0) is 11.3. The molecule has 2 N–H and O–H groups in total. The van der Waals surface area contributed by atoms with Gasteiger partial charge in [0.1, 0.15) is 0 Å². The Balaban J connectivity index is 2.44. The lowest BCUT2D eigenvalue weighted by Gasteiger charge is -2.28. The SMILES string of the molecule is COC(C)(C)CN=C(N)N1CCCCC1. The van der Waals surface area contributed by atoms with Crippen LogP contribution in [0.2, 0.25) is 0 Å². The molecule has 0 aromatic carbocycles. The fourth-order valence-electron chi connectivity index (χ4n) is 1.56. The number of hydrogen-bond donors (Lipinski definition) is 1. The highest BCUT2D eigenvalue weighted by Gasteiger charge is 2.17. The van der Waals surface area contributed by atoms with Gasteiger partial charge in [-0.25, -0.2) is 0 Å². The van der Waals surface area contributed by atoms with Crippen LogP contribution < -0.4 is 5.73 Å². The summed E-state index contributed by atoms with van der Waals surface area (Å²) in [4.78, 5) is 6.55. The molecule has 0 spiro atoms. The van der Waals surface area contributed by atoms with Crippen LogP contribution in [0.15, 0.2) is 4.99 Å². The fourth-order valence-corrected chi connectivity index (χ4v) is 1.56. The summed E-state index contributed by atoms with van der Waals surface area (Å²) in [6.07, 6.45) is 3.77. The number of nitrogens with two attached hydrogens (primary N) is 1. The summed E-state index contributed by atoms with van der Waals surface area (Å²) < 4.78 is 5.29. The lowest BCUT2D eigenvalue weighted by Crippen LogP contribution is -2.42. The van der Waals surface area contributed by atoms with Crippen LogP contribution in [0.1, 0.15) is 33.1 Å². The Hall–Kier alpha value is -0.770. The van der Waals surface area contributed by atoms with Crippen LogP contribution in [-0.4, -0.2) is 43.2 Å². The van der Waals surface area contributed by atoms with Crippen molar-refractivity contribution in [1.82, 2.24) is 4.90 Å². The molecule has 0 bridgehead atoms. The molecule has 0 aromatic heterocycles. The lowest BCUT2D eigenvalue weighted by molar-refractivity contribution is 0.0309. The highest BCUT2D eigenvalue weighted by molar-refractivity contribution is 5.78. The normalized spacial score (nSPS) is 19.4. The molecular weight excluding hydrogens is 190 g/mol. The minimum atomic E-state index is -0.222. The highest BCUT2D eigenvalue weighted by atomic mass is 16.5. The van der Waals surface area contributed by atoms with E-state index in [9.17, 15) is 0 Å². The number of guanidine groups is 1. The van der Waals surface area contributed by atoms with Crippen molar-refractivity contribution < 1.29 is 4.74 Å². The summed E-state index contributed by atoms with van der Waals surface area (Å²) in [5, 5.41) is 0. The average Bonchev–Trinajstić information content (AvgIpc) is 2.27. The molecule has 1 aliphatic heterocycles. The number of rotatable bonds is 3. The Labute approximate surface area is 92.5 Å². The molecule has 88 valence electrons. The second kappa shape index (κ2) is 5.35. The zero-order valence-corrected chi connectivity index (χ0v) is 10.1. The van der Waals surface area contributed by atoms with Gasteiger partial charge in [0.15, 0.2) is 5.96 Å². The van der Waals surface area contributed by atoms with E-state index in [0.29, 0.717) is 12.5 Å². The first kappa shape index (κ1) is 12.3. The van der Waals surface area contributed by atoms with E-state index in [1.54, 1.807) is 7.11 Å². The second-order valence-corrected chi connectivity index (χ2v) is 4.69. The Kier molecular flexibility index (Phi) is 4.39. The molecule has 0 radical (unpaired) electrons. The Morgan fingerprint density at radius 1 is 1.33 bits per heavy atom. The van der Waals surface area contributed by atoms with Crippen LogP contribution in [0.3, 0.4) is 0 Å². The first-order chi connectivity index (χ1) is 7.05. The third-order valence-corrected chi connectivity index (χ3v) is 2.85. The largest absolute Gasteiger partial charge is 0.377 e. The van der Waals surface area contributed by atoms with Crippen LogP contribution >= 0.6 is 0 Å². The number of likely N-dealkylation sites (tertiary alicyclic amines) is 1. The lowest BCUT2D eigenvalue weighted by atomic mass is 10.1. The van der Waals surface area contributed by atoms with Gasteiger partial charge in [-0.1, -0.05) is 0 Å². The van der Waals surface area contributed by atoms with Crippen LogP contribution in [0, 0.1) is 0 Å². The highest BCUT2D eigenvalue weighted by Crippen LogP contribution is 2.10. The van der Waals surface area contributed by atoms with Gasteiger partial charge in [-0.3, -0.25) is 4.99 Å². The van der Waals surface area contributed by atoms with Crippen LogP contribution in [0.4, 0.5) is 0 Å². The maximum Gasteiger partial charge on any atom is 0.191 e. The predicted octanol–water partition coefficient (Wildman–Crippen LogP) is 1.21. The van der Waals surface area contributed by atoms with Gasteiger partial charge in [0.2, 0.25) is 0 Å². The van der Waals surface area contributed by atoms with Gasteiger partial charge in [0.05, 0.1) is 12.1 Å². The number of hydrogen-bond acceptors (Lipinski definition) is 2. The summed E-state index contributed by atoms with van der Waals surface area (Å²) in [7, 11) is 1.70. The first-order valence-electron chi connectivity index (χ1n) is 5.65. The summed E-state index contributed by atoms with van der Waals surface area (Å²) >= 11 is 0. The summed E-state index contributed by atoms with van der Waals surface area (Å²) in [6, 6.07) is 0. The van der Waals surface area contributed by atoms with Crippen molar-refractivity contribution in [1.29, 1.82) is 0 Å². The van der Waals surface area contributed by atoms with Gasteiger partial charge < -0.3 is 15.4 Å². The van der Waals surface area contributed by atoms with E-state index in [0.717, 1.165) is 13.1 Å². The summed E-state index contributed by atoms with van der Waals surface area (Å²) in [5.41, 5.74) is 5.71. The molecule has 0 saturated carbocycles. The number of piperidine rings is 1. The molecular formula is C11H23N3O. The molecule has 4 nitrogen and oxygen atoms in total. The number of ether oxygens (including phenoxy) is 1. The third kappa shape index (κ3) is 4.08. The van der Waals surface area contributed by atoms with Gasteiger partial charge >= 0.3 is 0 Å². The Bertz CT molecular complexity index is 220. The smallest absolute Gasteiger partial charge is 0.191 e. The molecule has 0 aromatic rings. The first-order valence-corrected chi connectivity index (χ1v) is 5.65. The molecule has 1 heterocycles. The van der Waals surface area contributed by atoms with Crippen molar-refractivity contribution in [2.24, 2.45) is 10.7 Å². The number of aliphatic imine (C=N–C) groups is 1. The molecule has 1 fully saturated rings. The average molecular weight is 213 g/mol. The van der Waals surface area contributed by atoms with Gasteiger partial charge in [-0.05, 0) is 33.1 Å². The quantitative estimate of drug-likeness (QED) is 0.566. The molecule has 0 unspecified atom stereocenters. The van der Waals surface area contributed by atoms with Gasteiger partial charge in [-0.2, -0.15) is 0 Å². The van der Waals surface area contributed by atoms with Crippen molar-refractivity contribution in [3.8, 4) is 0 Å². The minimum absolute atomic E-state index is 0.222. The van der Waals surface area contributed by atoms with Gasteiger partial charge in [-0.15, -0.1) is 0 Å². The zero-order valence-electron chi connectivity index (χ0n) is 10.1. The van der Waals surface area contributed by atoms with E-state index in [1.165, 1.54) is 19.3 Å². The van der Waals surface area contributed by atoms with E-state index in [4.69, 9.17) is 10.5 Å². The molecule has 4 heteroatoms. The van der Waals surface area contributed by atoms with Crippen LogP contribution in [0.25, 0.3) is 0 Å². The molecule has 0 amide bonds. The minimum Gasteiger partial charge on any atom is -0.377 e. The van der Waals surface area contributed by atoms with Crippen molar-refractivity contribution in [3.63, 3.8) is 0 Å². The molecule has 1 saturated heterocycles. The maximum atomic E-state index is 5.93. The summed E-state index contributed by atoms with van der Waals surface area (Å²) in [6.45, 7) is 6.73. The molecule has 15 heavy (non-hydrogen) atoms. The number of methoxy groups -OCH3 is 1. The van der Waals surface area contributed by atoms with Crippen molar-refractivity contribution in [3.05, 3.63) is 0 Å². The maximum absolute atomic E-state index is 5.93. The predicted molar refractivity (Wildman–Crippen MR) is 63.0 cm³/mol. The molecule has 1 aliphatic rings. The van der Waals surface area contributed by atoms with E-state index in [2.05, 4.69) is 9.89 Å².